The van der Waals surface area contributed by atoms with Gasteiger partial charge < -0.3 is 10.6 Å². The van der Waals surface area contributed by atoms with E-state index in [4.69, 9.17) is 5.73 Å². The maximum atomic E-state index is 13.9. The summed E-state index contributed by atoms with van der Waals surface area (Å²) in [6, 6.07) is 1.52. The molecule has 0 spiro atoms. The fourth-order valence-electron chi connectivity index (χ4n) is 3.09. The summed E-state index contributed by atoms with van der Waals surface area (Å²) in [6.45, 7) is 0. The molecule has 0 saturated heterocycles. The molecule has 1 aliphatic carbocycles. The lowest BCUT2D eigenvalue weighted by atomic mass is 9.83. The summed E-state index contributed by atoms with van der Waals surface area (Å²) < 4.78 is 40.2. The van der Waals surface area contributed by atoms with Gasteiger partial charge in [0.1, 0.15) is 0 Å². The zero-order chi connectivity index (χ0) is 14.2. The summed E-state index contributed by atoms with van der Waals surface area (Å²) in [7, 11) is 3.78. The number of rotatable bonds is 3. The molecule has 1 saturated carbocycles. The van der Waals surface area contributed by atoms with Gasteiger partial charge in [-0.05, 0) is 33.0 Å². The zero-order valence-corrected chi connectivity index (χ0v) is 11.2. The minimum absolute atomic E-state index is 0.0505. The first kappa shape index (κ1) is 14.3. The Kier molecular flexibility index (Phi) is 3.87. The largest absolute Gasteiger partial charge is 0.322 e. The molecule has 0 bridgehead atoms. The molecule has 1 aromatic carbocycles. The summed E-state index contributed by atoms with van der Waals surface area (Å²) in [5, 5.41) is 0. The van der Waals surface area contributed by atoms with Crippen molar-refractivity contribution in [1.29, 1.82) is 0 Å². The van der Waals surface area contributed by atoms with Crippen molar-refractivity contribution < 1.29 is 13.2 Å². The topological polar surface area (TPSA) is 29.3 Å². The molecule has 0 aromatic heterocycles. The van der Waals surface area contributed by atoms with Crippen LogP contribution in [0, 0.1) is 17.5 Å². The van der Waals surface area contributed by atoms with E-state index in [2.05, 4.69) is 0 Å². The van der Waals surface area contributed by atoms with Crippen LogP contribution in [0.15, 0.2) is 12.1 Å². The number of hydrogen-bond donors (Lipinski definition) is 1. The lowest BCUT2D eigenvalue weighted by Gasteiger charge is -2.41. The van der Waals surface area contributed by atoms with E-state index >= 15 is 0 Å². The molecule has 1 atom stereocenters. The van der Waals surface area contributed by atoms with Crippen molar-refractivity contribution in [2.24, 2.45) is 5.73 Å². The first-order valence-corrected chi connectivity index (χ1v) is 6.46. The Bertz CT molecular complexity index is 468. The summed E-state index contributed by atoms with van der Waals surface area (Å²) >= 11 is 0. The molecular formula is C14H19F3N2. The normalized spacial score (nSPS) is 19.9. The molecule has 19 heavy (non-hydrogen) atoms. The van der Waals surface area contributed by atoms with Gasteiger partial charge in [-0.2, -0.15) is 0 Å². The molecule has 106 valence electrons. The number of likely N-dealkylation sites (N-methyl/N-ethyl adjacent to an activating group) is 1. The summed E-state index contributed by atoms with van der Waals surface area (Å²) in [4.78, 5) is 1.98. The molecule has 1 aromatic rings. The number of halogens is 3. The fraction of sp³-hybridized carbons (Fsp3) is 0.571. The van der Waals surface area contributed by atoms with Gasteiger partial charge >= 0.3 is 0 Å². The lowest BCUT2D eigenvalue weighted by Crippen LogP contribution is -2.50. The number of benzene rings is 1. The minimum Gasteiger partial charge on any atom is -0.322 e. The molecule has 1 aliphatic rings. The van der Waals surface area contributed by atoms with Crippen LogP contribution < -0.4 is 5.73 Å². The summed E-state index contributed by atoms with van der Waals surface area (Å²) in [6.07, 6.45) is 3.69. The Hall–Kier alpha value is -1.07. The first-order chi connectivity index (χ1) is 8.90. The minimum atomic E-state index is -1.44. The number of nitrogens with two attached hydrogens (primary N) is 1. The van der Waals surface area contributed by atoms with Gasteiger partial charge in [-0.3, -0.25) is 0 Å². The van der Waals surface area contributed by atoms with Crippen LogP contribution in [0.25, 0.3) is 0 Å². The smallest absolute Gasteiger partial charge is 0.194 e. The second-order valence-corrected chi connectivity index (χ2v) is 5.45. The quantitative estimate of drug-likeness (QED) is 0.857. The van der Waals surface area contributed by atoms with Crippen LogP contribution in [0.4, 0.5) is 13.2 Å². The third-order valence-corrected chi connectivity index (χ3v) is 4.34. The van der Waals surface area contributed by atoms with Gasteiger partial charge in [0, 0.05) is 11.1 Å². The predicted molar refractivity (Wildman–Crippen MR) is 68.1 cm³/mol. The predicted octanol–water partition coefficient (Wildman–Crippen LogP) is 2.98. The second-order valence-electron chi connectivity index (χ2n) is 5.45. The van der Waals surface area contributed by atoms with Crippen molar-refractivity contribution in [2.45, 2.75) is 37.3 Å². The van der Waals surface area contributed by atoms with E-state index in [9.17, 15) is 13.2 Å². The molecule has 0 heterocycles. The van der Waals surface area contributed by atoms with E-state index in [0.29, 0.717) is 0 Å². The molecule has 0 amide bonds. The highest BCUT2D eigenvalue weighted by atomic mass is 19.2. The van der Waals surface area contributed by atoms with Crippen molar-refractivity contribution >= 4 is 0 Å². The fourth-order valence-corrected chi connectivity index (χ4v) is 3.09. The molecule has 2 nitrogen and oxygen atoms in total. The average molecular weight is 272 g/mol. The van der Waals surface area contributed by atoms with Crippen LogP contribution in [0.1, 0.15) is 37.3 Å². The van der Waals surface area contributed by atoms with Crippen molar-refractivity contribution in [3.8, 4) is 0 Å². The Morgan fingerprint density at radius 3 is 2.21 bits per heavy atom. The molecule has 1 unspecified atom stereocenters. The monoisotopic (exact) mass is 272 g/mol. The van der Waals surface area contributed by atoms with Crippen LogP contribution in [0.3, 0.4) is 0 Å². The van der Waals surface area contributed by atoms with Crippen LogP contribution in [0.2, 0.25) is 0 Å². The van der Waals surface area contributed by atoms with E-state index < -0.39 is 23.5 Å². The Balaban J connectivity index is 2.43. The third-order valence-electron chi connectivity index (χ3n) is 4.34. The van der Waals surface area contributed by atoms with Crippen LogP contribution in [-0.2, 0) is 0 Å². The standard InChI is InChI=1S/C14H19F3N2/c1-19(2)14(7-3-4-8-14)13(18)9-5-6-10(15)12(17)11(9)16/h5-6,13H,3-4,7-8,18H2,1-2H3. The molecule has 5 heteroatoms. The SMILES string of the molecule is CN(C)C1(C(N)c2ccc(F)c(F)c2F)CCCC1. The van der Waals surface area contributed by atoms with E-state index in [0.717, 1.165) is 31.7 Å². The summed E-state index contributed by atoms with van der Waals surface area (Å²) in [5.74, 6) is -3.79. The molecule has 2 N–H and O–H groups in total. The van der Waals surface area contributed by atoms with Gasteiger partial charge in [0.15, 0.2) is 17.5 Å². The molecular weight excluding hydrogens is 253 g/mol. The van der Waals surface area contributed by atoms with E-state index in [1.54, 1.807) is 0 Å². The third kappa shape index (κ3) is 2.25. The van der Waals surface area contributed by atoms with Gasteiger partial charge in [0.05, 0.1) is 6.04 Å². The second kappa shape index (κ2) is 5.13. The zero-order valence-electron chi connectivity index (χ0n) is 11.2. The van der Waals surface area contributed by atoms with Crippen molar-refractivity contribution in [3.63, 3.8) is 0 Å². The van der Waals surface area contributed by atoms with Gasteiger partial charge in [0.25, 0.3) is 0 Å². The highest BCUT2D eigenvalue weighted by Gasteiger charge is 2.43. The maximum absolute atomic E-state index is 13.9. The first-order valence-electron chi connectivity index (χ1n) is 6.46. The van der Waals surface area contributed by atoms with Crippen molar-refractivity contribution in [2.75, 3.05) is 14.1 Å². The molecule has 2 rings (SSSR count). The Morgan fingerprint density at radius 1 is 1.11 bits per heavy atom. The summed E-state index contributed by atoms with van der Waals surface area (Å²) in [5.41, 5.74) is 5.85. The van der Waals surface area contributed by atoms with Crippen LogP contribution in [-0.4, -0.2) is 24.5 Å². The molecule has 0 aliphatic heterocycles. The lowest BCUT2D eigenvalue weighted by molar-refractivity contribution is 0.121. The maximum Gasteiger partial charge on any atom is 0.194 e. The van der Waals surface area contributed by atoms with E-state index in [1.165, 1.54) is 6.07 Å². The van der Waals surface area contributed by atoms with Crippen LogP contribution >= 0.6 is 0 Å². The number of hydrogen-bond acceptors (Lipinski definition) is 2. The molecule has 0 radical (unpaired) electrons. The average Bonchev–Trinajstić information content (AvgIpc) is 2.86. The van der Waals surface area contributed by atoms with Crippen LogP contribution in [0.5, 0.6) is 0 Å². The molecule has 1 fully saturated rings. The van der Waals surface area contributed by atoms with Gasteiger partial charge in [-0.1, -0.05) is 18.9 Å². The van der Waals surface area contributed by atoms with Gasteiger partial charge in [0.2, 0.25) is 0 Å². The number of nitrogens with zero attached hydrogens (tertiary/aromatic N) is 1. The van der Waals surface area contributed by atoms with E-state index in [1.807, 2.05) is 19.0 Å². The van der Waals surface area contributed by atoms with Crippen molar-refractivity contribution in [3.05, 3.63) is 35.1 Å². The van der Waals surface area contributed by atoms with E-state index in [-0.39, 0.29) is 11.1 Å². The highest BCUT2D eigenvalue weighted by molar-refractivity contribution is 5.27. The highest BCUT2D eigenvalue weighted by Crippen LogP contribution is 2.42. The van der Waals surface area contributed by atoms with Gasteiger partial charge in [-0.15, -0.1) is 0 Å². The Morgan fingerprint density at radius 2 is 1.68 bits per heavy atom. The van der Waals surface area contributed by atoms with Gasteiger partial charge in [-0.25, -0.2) is 13.2 Å². The van der Waals surface area contributed by atoms with Crippen molar-refractivity contribution in [1.82, 2.24) is 4.90 Å². The Labute approximate surface area is 111 Å².